The molecule has 16 heavy (non-hydrogen) atoms. The van der Waals surface area contributed by atoms with Gasteiger partial charge in [0.15, 0.2) is 0 Å². The number of carbonyl (C=O) groups is 1. The van der Waals surface area contributed by atoms with Gasteiger partial charge in [-0.25, -0.2) is 0 Å². The topological polar surface area (TPSA) is 44.7 Å². The SMILES string of the molecule is O=C(CCNC1=NCCC1)N1CCCCC1. The summed E-state index contributed by atoms with van der Waals surface area (Å²) in [5.74, 6) is 1.39. The van der Waals surface area contributed by atoms with E-state index in [1.54, 1.807) is 0 Å². The molecule has 4 nitrogen and oxygen atoms in total. The normalized spacial score (nSPS) is 20.8. The standard InChI is InChI=1S/C12H21N3O/c16-12(15-9-2-1-3-10-15)6-8-14-11-5-4-7-13-11/h1-10H2,(H,13,14). The Balaban J connectivity index is 1.63. The second-order valence-electron chi connectivity index (χ2n) is 4.55. The number of amidine groups is 1. The van der Waals surface area contributed by atoms with E-state index in [0.29, 0.717) is 12.3 Å². The minimum absolute atomic E-state index is 0.297. The summed E-state index contributed by atoms with van der Waals surface area (Å²) in [5.41, 5.74) is 0. The molecule has 1 amide bonds. The Labute approximate surface area is 97.1 Å². The van der Waals surface area contributed by atoms with Crippen LogP contribution in [0.1, 0.15) is 38.5 Å². The van der Waals surface area contributed by atoms with Gasteiger partial charge in [-0.15, -0.1) is 0 Å². The molecule has 1 saturated heterocycles. The molecule has 0 aliphatic carbocycles. The highest BCUT2D eigenvalue weighted by atomic mass is 16.2. The first kappa shape index (κ1) is 11.4. The average molecular weight is 223 g/mol. The molecule has 0 atom stereocenters. The van der Waals surface area contributed by atoms with Gasteiger partial charge in [0.25, 0.3) is 0 Å². The minimum Gasteiger partial charge on any atom is -0.373 e. The number of rotatable bonds is 3. The summed E-state index contributed by atoms with van der Waals surface area (Å²) in [4.78, 5) is 18.1. The highest BCUT2D eigenvalue weighted by molar-refractivity contribution is 5.84. The summed E-state index contributed by atoms with van der Waals surface area (Å²) < 4.78 is 0. The van der Waals surface area contributed by atoms with Crippen LogP contribution in [0.25, 0.3) is 0 Å². The Morgan fingerprint density at radius 1 is 1.25 bits per heavy atom. The summed E-state index contributed by atoms with van der Waals surface area (Å²) in [6.07, 6.45) is 6.44. The quantitative estimate of drug-likeness (QED) is 0.780. The zero-order valence-corrected chi connectivity index (χ0v) is 9.87. The van der Waals surface area contributed by atoms with Crippen molar-refractivity contribution in [1.29, 1.82) is 0 Å². The van der Waals surface area contributed by atoms with Crippen LogP contribution in [-0.4, -0.2) is 42.8 Å². The molecule has 0 saturated carbocycles. The molecule has 90 valence electrons. The second-order valence-corrected chi connectivity index (χ2v) is 4.55. The van der Waals surface area contributed by atoms with Gasteiger partial charge >= 0.3 is 0 Å². The van der Waals surface area contributed by atoms with Crippen molar-refractivity contribution in [2.75, 3.05) is 26.2 Å². The van der Waals surface area contributed by atoms with Gasteiger partial charge in [0.05, 0.1) is 5.84 Å². The first-order valence-corrected chi connectivity index (χ1v) is 6.41. The van der Waals surface area contributed by atoms with Crippen LogP contribution in [0.5, 0.6) is 0 Å². The summed E-state index contributed by atoms with van der Waals surface area (Å²) in [5, 5.41) is 3.25. The molecular weight excluding hydrogens is 202 g/mol. The first-order chi connectivity index (χ1) is 7.86. The minimum atomic E-state index is 0.297. The van der Waals surface area contributed by atoms with Crippen LogP contribution >= 0.6 is 0 Å². The molecule has 0 spiro atoms. The molecular formula is C12H21N3O. The van der Waals surface area contributed by atoms with Gasteiger partial charge in [0.2, 0.25) is 5.91 Å². The van der Waals surface area contributed by atoms with Crippen LogP contribution in [-0.2, 0) is 4.79 Å². The molecule has 2 rings (SSSR count). The van der Waals surface area contributed by atoms with Crippen molar-refractivity contribution >= 4 is 11.7 Å². The van der Waals surface area contributed by atoms with Crippen molar-refractivity contribution in [3.05, 3.63) is 0 Å². The average Bonchev–Trinajstić information content (AvgIpc) is 2.83. The highest BCUT2D eigenvalue weighted by Crippen LogP contribution is 2.09. The van der Waals surface area contributed by atoms with Crippen LogP contribution in [0.3, 0.4) is 0 Å². The lowest BCUT2D eigenvalue weighted by molar-refractivity contribution is -0.131. The summed E-state index contributed by atoms with van der Waals surface area (Å²) in [6, 6.07) is 0. The first-order valence-electron chi connectivity index (χ1n) is 6.41. The van der Waals surface area contributed by atoms with Crippen LogP contribution in [0.15, 0.2) is 4.99 Å². The Bertz CT molecular complexity index is 269. The number of hydrogen-bond donors (Lipinski definition) is 1. The van der Waals surface area contributed by atoms with Crippen LogP contribution < -0.4 is 5.32 Å². The van der Waals surface area contributed by atoms with E-state index in [0.717, 1.165) is 44.9 Å². The third-order valence-corrected chi connectivity index (χ3v) is 3.25. The van der Waals surface area contributed by atoms with Gasteiger partial charge in [0, 0.05) is 39.0 Å². The number of nitrogens with one attached hydrogen (secondary N) is 1. The molecule has 0 aromatic rings. The number of amides is 1. The Morgan fingerprint density at radius 3 is 2.75 bits per heavy atom. The molecule has 1 fully saturated rings. The fraction of sp³-hybridized carbons (Fsp3) is 0.833. The maximum atomic E-state index is 11.8. The molecule has 0 aromatic heterocycles. The lowest BCUT2D eigenvalue weighted by atomic mass is 10.1. The molecule has 1 N–H and O–H groups in total. The van der Waals surface area contributed by atoms with E-state index in [4.69, 9.17) is 0 Å². The van der Waals surface area contributed by atoms with Crippen molar-refractivity contribution in [3.8, 4) is 0 Å². The van der Waals surface area contributed by atoms with Crippen molar-refractivity contribution in [2.45, 2.75) is 38.5 Å². The number of piperidine rings is 1. The van der Waals surface area contributed by atoms with E-state index < -0.39 is 0 Å². The Morgan fingerprint density at radius 2 is 2.06 bits per heavy atom. The van der Waals surface area contributed by atoms with Crippen LogP contribution in [0.4, 0.5) is 0 Å². The highest BCUT2D eigenvalue weighted by Gasteiger charge is 2.16. The van der Waals surface area contributed by atoms with Gasteiger partial charge in [0.1, 0.15) is 0 Å². The van der Waals surface area contributed by atoms with E-state index >= 15 is 0 Å². The molecule has 2 heterocycles. The number of hydrogen-bond acceptors (Lipinski definition) is 3. The maximum absolute atomic E-state index is 11.8. The smallest absolute Gasteiger partial charge is 0.224 e. The zero-order chi connectivity index (χ0) is 11.2. The molecule has 0 aromatic carbocycles. The monoisotopic (exact) mass is 223 g/mol. The third-order valence-electron chi connectivity index (χ3n) is 3.25. The Hall–Kier alpha value is -1.06. The Kier molecular flexibility index (Phi) is 4.19. The summed E-state index contributed by atoms with van der Waals surface area (Å²) >= 11 is 0. The predicted octanol–water partition coefficient (Wildman–Crippen LogP) is 1.17. The van der Waals surface area contributed by atoms with Crippen molar-refractivity contribution in [1.82, 2.24) is 10.2 Å². The lowest BCUT2D eigenvalue weighted by Gasteiger charge is -2.26. The van der Waals surface area contributed by atoms with Gasteiger partial charge in [-0.3, -0.25) is 9.79 Å². The lowest BCUT2D eigenvalue weighted by Crippen LogP contribution is -2.37. The largest absolute Gasteiger partial charge is 0.373 e. The third kappa shape index (κ3) is 3.22. The fourth-order valence-corrected chi connectivity index (χ4v) is 2.30. The second kappa shape index (κ2) is 5.87. The molecule has 0 radical (unpaired) electrons. The summed E-state index contributed by atoms with van der Waals surface area (Å²) in [6.45, 7) is 3.61. The van der Waals surface area contributed by atoms with E-state index in [2.05, 4.69) is 10.3 Å². The van der Waals surface area contributed by atoms with Crippen LogP contribution in [0, 0.1) is 0 Å². The molecule has 2 aliphatic rings. The van der Waals surface area contributed by atoms with Gasteiger partial charge < -0.3 is 10.2 Å². The van der Waals surface area contributed by atoms with E-state index in [9.17, 15) is 4.79 Å². The maximum Gasteiger partial charge on any atom is 0.224 e. The number of aliphatic imine (C=N–C) groups is 1. The van der Waals surface area contributed by atoms with Crippen LogP contribution in [0.2, 0.25) is 0 Å². The van der Waals surface area contributed by atoms with Crippen molar-refractivity contribution in [2.24, 2.45) is 4.99 Å². The molecule has 4 heteroatoms. The van der Waals surface area contributed by atoms with Crippen molar-refractivity contribution < 1.29 is 4.79 Å². The number of nitrogens with zero attached hydrogens (tertiary/aromatic N) is 2. The van der Waals surface area contributed by atoms with Gasteiger partial charge in [-0.2, -0.15) is 0 Å². The van der Waals surface area contributed by atoms with E-state index in [1.807, 2.05) is 4.90 Å². The zero-order valence-electron chi connectivity index (χ0n) is 9.87. The fourth-order valence-electron chi connectivity index (χ4n) is 2.30. The van der Waals surface area contributed by atoms with Gasteiger partial charge in [-0.1, -0.05) is 0 Å². The van der Waals surface area contributed by atoms with E-state index in [-0.39, 0.29) is 0 Å². The predicted molar refractivity (Wildman–Crippen MR) is 64.6 cm³/mol. The molecule has 0 bridgehead atoms. The van der Waals surface area contributed by atoms with Crippen molar-refractivity contribution in [3.63, 3.8) is 0 Å². The van der Waals surface area contributed by atoms with Gasteiger partial charge in [-0.05, 0) is 25.7 Å². The molecule has 2 aliphatic heterocycles. The number of likely N-dealkylation sites (tertiary alicyclic amines) is 1. The number of carbonyl (C=O) groups excluding carboxylic acids is 1. The summed E-state index contributed by atoms with van der Waals surface area (Å²) in [7, 11) is 0. The molecule has 0 unspecified atom stereocenters. The van der Waals surface area contributed by atoms with E-state index in [1.165, 1.54) is 19.3 Å².